The zero-order valence-electron chi connectivity index (χ0n) is 35.4. The SMILES string of the molecule is [Pt+2].[Pt+2].[c-]1c(-c2nccc3ccccc23)cc(-c2cc(-c3nccc4ccccc34)[c-]c(-c3nccc4ccccc34)c2)cc1-c1nccc2ccccc12.[c-]1ccccc1.[c-]1ccccc1. The van der Waals surface area contributed by atoms with Gasteiger partial charge in [0.1, 0.15) is 0 Å². The van der Waals surface area contributed by atoms with Crippen LogP contribution in [0.2, 0.25) is 0 Å². The molecule has 66 heavy (non-hydrogen) atoms. The second-order valence-corrected chi connectivity index (χ2v) is 15.1. The molecule has 0 saturated carbocycles. The molecule has 0 aliphatic carbocycles. The van der Waals surface area contributed by atoms with Gasteiger partial charge in [0, 0.05) is 47.6 Å². The summed E-state index contributed by atoms with van der Waals surface area (Å²) < 4.78 is 0. The van der Waals surface area contributed by atoms with Crippen molar-refractivity contribution in [3.05, 3.63) is 255 Å². The van der Waals surface area contributed by atoms with Crippen molar-refractivity contribution in [3.8, 4) is 56.2 Å². The van der Waals surface area contributed by atoms with Crippen molar-refractivity contribution >= 4 is 43.1 Å². The zero-order chi connectivity index (χ0) is 42.9. The van der Waals surface area contributed by atoms with Crippen LogP contribution in [0, 0.1) is 24.3 Å². The van der Waals surface area contributed by atoms with E-state index in [0.29, 0.717) is 0 Å². The molecular weight excluding hydrogens is 1170 g/mol. The van der Waals surface area contributed by atoms with Gasteiger partial charge in [-0.2, -0.15) is 72.8 Å². The minimum Gasteiger partial charge on any atom is -0.294 e. The van der Waals surface area contributed by atoms with Gasteiger partial charge in [-0.1, -0.05) is 130 Å². The molecule has 8 aromatic carbocycles. The summed E-state index contributed by atoms with van der Waals surface area (Å²) in [6.45, 7) is 0. The van der Waals surface area contributed by atoms with Gasteiger partial charge in [0.2, 0.25) is 0 Å². The summed E-state index contributed by atoms with van der Waals surface area (Å²) in [5.41, 5.74) is 9.06. The Balaban J connectivity index is 0.000000370. The maximum atomic E-state index is 4.93. The van der Waals surface area contributed by atoms with Crippen LogP contribution in [-0.4, -0.2) is 19.9 Å². The summed E-state index contributed by atoms with van der Waals surface area (Å²) >= 11 is 0. The molecule has 0 bridgehead atoms. The molecule has 0 N–H and O–H groups in total. The van der Waals surface area contributed by atoms with Crippen LogP contribution in [0.15, 0.2) is 231 Å². The van der Waals surface area contributed by atoms with Crippen molar-refractivity contribution in [1.82, 2.24) is 19.9 Å². The first-order valence-corrected chi connectivity index (χ1v) is 21.1. The third kappa shape index (κ3) is 10.0. The summed E-state index contributed by atoms with van der Waals surface area (Å²) in [4.78, 5) is 19.7. The van der Waals surface area contributed by atoms with E-state index in [1.807, 2.05) is 85.5 Å². The van der Waals surface area contributed by atoms with Crippen molar-refractivity contribution in [2.24, 2.45) is 0 Å². The molecule has 6 heteroatoms. The predicted molar refractivity (Wildman–Crippen MR) is 263 cm³/mol. The molecule has 4 aromatic heterocycles. The minimum atomic E-state index is 0. The number of aromatic nitrogens is 4. The molecule has 4 nitrogen and oxygen atoms in total. The molecule has 0 atom stereocenters. The molecule has 0 saturated heterocycles. The fourth-order valence-corrected chi connectivity index (χ4v) is 8.00. The molecule has 4 heterocycles. The standard InChI is InChI=1S/C48H28N4.2C6H5.2Pt/c1-5-13-41-31(9-1)17-21-49-45(41)37-25-35(26-38(29-37)46-42-14-6-2-10-32(42)18-22-50-46)36-27-39(47-43-15-7-3-11-33(43)19-23-51-47)30-40(28-36)48-44-16-8-4-12-34(44)20-24-52-48;2*1-2-4-6-5-3-1;;/h1-28H;2*1-5H;;/q-2;2*-1;2*+2. The van der Waals surface area contributed by atoms with E-state index in [9.17, 15) is 0 Å². The average molecular weight is 1210 g/mol. The summed E-state index contributed by atoms with van der Waals surface area (Å²) in [5, 5.41) is 8.77. The van der Waals surface area contributed by atoms with Gasteiger partial charge >= 0.3 is 42.1 Å². The molecule has 0 fully saturated rings. The van der Waals surface area contributed by atoms with Gasteiger partial charge in [-0.15, -0.1) is 36.4 Å². The number of rotatable bonds is 5. The van der Waals surface area contributed by atoms with Crippen molar-refractivity contribution in [2.45, 2.75) is 0 Å². The van der Waals surface area contributed by atoms with E-state index in [4.69, 9.17) is 19.9 Å². The van der Waals surface area contributed by atoms with Crippen LogP contribution in [0.25, 0.3) is 99.2 Å². The Bertz CT molecular complexity index is 3020. The van der Waals surface area contributed by atoms with Crippen molar-refractivity contribution < 1.29 is 42.1 Å². The summed E-state index contributed by atoms with van der Waals surface area (Å²) in [6.07, 6.45) is 7.50. The van der Waals surface area contributed by atoms with E-state index in [0.717, 1.165) is 99.2 Å². The Labute approximate surface area is 413 Å². The van der Waals surface area contributed by atoms with Crippen molar-refractivity contribution in [3.63, 3.8) is 0 Å². The van der Waals surface area contributed by atoms with Gasteiger partial charge in [-0.25, -0.2) is 0 Å². The predicted octanol–water partition coefficient (Wildman–Crippen LogP) is 14.8. The first kappa shape index (κ1) is 45.3. The third-order valence-corrected chi connectivity index (χ3v) is 11.0. The van der Waals surface area contributed by atoms with E-state index >= 15 is 0 Å². The molecule has 0 unspecified atom stereocenters. The number of hydrogen-bond donors (Lipinski definition) is 0. The second kappa shape index (κ2) is 21.6. The van der Waals surface area contributed by atoms with E-state index in [1.165, 1.54) is 0 Å². The Kier molecular flexibility index (Phi) is 14.9. The summed E-state index contributed by atoms with van der Waals surface area (Å²) in [6, 6.07) is 83.0. The van der Waals surface area contributed by atoms with E-state index in [2.05, 4.69) is 170 Å². The van der Waals surface area contributed by atoms with E-state index in [1.54, 1.807) is 0 Å². The maximum Gasteiger partial charge on any atom is 2.00 e. The normalized spacial score (nSPS) is 10.5. The van der Waals surface area contributed by atoms with Crippen LogP contribution in [0.3, 0.4) is 0 Å². The van der Waals surface area contributed by atoms with Crippen molar-refractivity contribution in [2.75, 3.05) is 0 Å². The first-order valence-electron chi connectivity index (χ1n) is 21.1. The molecule has 12 rings (SSSR count). The number of nitrogens with zero attached hydrogens (tertiary/aromatic N) is 4. The fraction of sp³-hybridized carbons (Fsp3) is 0. The third-order valence-electron chi connectivity index (χ3n) is 11.0. The molecule has 318 valence electrons. The largest absolute Gasteiger partial charge is 2.00 e. The molecule has 0 aliphatic heterocycles. The van der Waals surface area contributed by atoms with Crippen LogP contribution in [0.5, 0.6) is 0 Å². The number of hydrogen-bond acceptors (Lipinski definition) is 4. The Morgan fingerprint density at radius 2 is 0.530 bits per heavy atom. The molecule has 0 amide bonds. The van der Waals surface area contributed by atoms with Gasteiger partial charge in [-0.05, 0) is 67.4 Å². The quantitative estimate of drug-likeness (QED) is 0.161. The Hall–Kier alpha value is -7.22. The van der Waals surface area contributed by atoms with Gasteiger partial charge in [0.25, 0.3) is 0 Å². The summed E-state index contributed by atoms with van der Waals surface area (Å²) in [7, 11) is 0. The molecular formula is C60H38N4Pt2. The number of pyridine rings is 4. The molecule has 0 spiro atoms. The molecule has 12 aromatic rings. The minimum absolute atomic E-state index is 0. The van der Waals surface area contributed by atoms with E-state index in [-0.39, 0.29) is 42.1 Å². The Morgan fingerprint density at radius 3 is 0.758 bits per heavy atom. The molecule has 0 radical (unpaired) electrons. The zero-order valence-corrected chi connectivity index (χ0v) is 39.9. The van der Waals surface area contributed by atoms with E-state index < -0.39 is 0 Å². The summed E-state index contributed by atoms with van der Waals surface area (Å²) in [5.74, 6) is 0. The van der Waals surface area contributed by atoms with Gasteiger partial charge < -0.3 is 0 Å². The van der Waals surface area contributed by atoms with Gasteiger partial charge in [0.05, 0.1) is 0 Å². The molecule has 0 aliphatic rings. The van der Waals surface area contributed by atoms with Crippen LogP contribution in [0.4, 0.5) is 0 Å². The van der Waals surface area contributed by atoms with Crippen LogP contribution >= 0.6 is 0 Å². The van der Waals surface area contributed by atoms with Crippen LogP contribution < -0.4 is 0 Å². The fourth-order valence-electron chi connectivity index (χ4n) is 8.00. The van der Waals surface area contributed by atoms with Crippen LogP contribution in [0.1, 0.15) is 0 Å². The first-order chi connectivity index (χ1) is 31.8. The topological polar surface area (TPSA) is 51.6 Å². The van der Waals surface area contributed by atoms with Crippen LogP contribution in [-0.2, 0) is 42.1 Å². The van der Waals surface area contributed by atoms with Gasteiger partial charge in [0.15, 0.2) is 0 Å². The van der Waals surface area contributed by atoms with Gasteiger partial charge in [-0.3, -0.25) is 19.9 Å². The monoisotopic (exact) mass is 1200 g/mol. The Morgan fingerprint density at radius 1 is 0.273 bits per heavy atom. The maximum absolute atomic E-state index is 4.93. The number of benzene rings is 8. The number of fused-ring (bicyclic) bond motifs is 4. The smallest absolute Gasteiger partial charge is 0.294 e. The van der Waals surface area contributed by atoms with Crippen molar-refractivity contribution in [1.29, 1.82) is 0 Å². The average Bonchev–Trinajstić information content (AvgIpc) is 3.39. The second-order valence-electron chi connectivity index (χ2n) is 15.1.